The van der Waals surface area contributed by atoms with Crippen LogP contribution in [0.25, 0.3) is 0 Å². The number of nitrogen functional groups attached to an aromatic ring is 1. The molecule has 37 heavy (non-hydrogen) atoms. The molecule has 4 heterocycles. The first-order valence-electron chi connectivity index (χ1n) is 13.0. The number of nitrogens with one attached hydrogen (secondary N) is 1. The molecule has 2 aliphatic rings. The molecule has 0 saturated carbocycles. The number of rotatable bonds is 6. The summed E-state index contributed by atoms with van der Waals surface area (Å²) in [5, 5.41) is 3.15. The topological polar surface area (TPSA) is 121 Å². The number of halogens is 1. The van der Waals surface area contributed by atoms with Crippen molar-refractivity contribution in [2.24, 2.45) is 0 Å². The lowest BCUT2D eigenvalue weighted by Gasteiger charge is -2.47. The number of hydrogen-bond donors (Lipinski definition) is 2. The van der Waals surface area contributed by atoms with E-state index in [9.17, 15) is 9.59 Å². The molecule has 2 aromatic rings. The summed E-state index contributed by atoms with van der Waals surface area (Å²) in [6.45, 7) is 12.0. The summed E-state index contributed by atoms with van der Waals surface area (Å²) in [5.74, 6) is 0.729. The van der Waals surface area contributed by atoms with Gasteiger partial charge in [0.25, 0.3) is 11.8 Å². The Morgan fingerprint density at radius 1 is 1.16 bits per heavy atom. The summed E-state index contributed by atoms with van der Waals surface area (Å²) < 4.78 is 0. The van der Waals surface area contributed by atoms with Gasteiger partial charge in [-0.2, -0.15) is 0 Å². The van der Waals surface area contributed by atoms with E-state index in [0.29, 0.717) is 36.4 Å². The van der Waals surface area contributed by atoms with Crippen LogP contribution < -0.4 is 16.0 Å². The molecule has 2 aliphatic heterocycles. The van der Waals surface area contributed by atoms with Crippen molar-refractivity contribution in [2.75, 3.05) is 43.4 Å². The second kappa shape index (κ2) is 11.6. The molecule has 10 nitrogen and oxygen atoms in total. The van der Waals surface area contributed by atoms with Crippen LogP contribution in [0.1, 0.15) is 66.6 Å². The summed E-state index contributed by atoms with van der Waals surface area (Å²) in [4.78, 5) is 45.2. The van der Waals surface area contributed by atoms with Crippen molar-refractivity contribution in [1.29, 1.82) is 0 Å². The molecule has 2 fully saturated rings. The highest BCUT2D eigenvalue weighted by Gasteiger charge is 2.35. The van der Waals surface area contributed by atoms with Crippen LogP contribution in [0.5, 0.6) is 0 Å². The molecule has 3 N–H and O–H groups in total. The Labute approximate surface area is 223 Å². The third-order valence-electron chi connectivity index (χ3n) is 7.21. The summed E-state index contributed by atoms with van der Waals surface area (Å²) in [7, 11) is 0. The normalized spacial score (nSPS) is 19.4. The van der Waals surface area contributed by atoms with E-state index >= 15 is 0 Å². The minimum Gasteiger partial charge on any atom is -0.383 e. The monoisotopic (exact) mass is 528 g/mol. The number of aromatic nitrogens is 3. The molecule has 0 radical (unpaired) electrons. The van der Waals surface area contributed by atoms with Crippen LogP contribution in [0, 0.1) is 6.92 Å². The lowest BCUT2D eigenvalue weighted by molar-refractivity contribution is 0.0491. The zero-order valence-corrected chi connectivity index (χ0v) is 22.8. The maximum absolute atomic E-state index is 13.0. The molecule has 11 heteroatoms. The van der Waals surface area contributed by atoms with Crippen LogP contribution in [-0.4, -0.2) is 87.4 Å². The highest BCUT2D eigenvalue weighted by Crippen LogP contribution is 2.27. The molecule has 0 aromatic carbocycles. The van der Waals surface area contributed by atoms with Crippen LogP contribution in [0.2, 0.25) is 5.15 Å². The van der Waals surface area contributed by atoms with Gasteiger partial charge in [-0.1, -0.05) is 18.5 Å². The van der Waals surface area contributed by atoms with Crippen molar-refractivity contribution in [3.05, 3.63) is 40.4 Å². The van der Waals surface area contributed by atoms with Crippen LogP contribution >= 0.6 is 11.6 Å². The van der Waals surface area contributed by atoms with Crippen molar-refractivity contribution in [1.82, 2.24) is 30.1 Å². The number of piperazine rings is 1. The predicted octanol–water partition coefficient (Wildman–Crippen LogP) is 2.76. The number of likely N-dealkylation sites (tertiary alicyclic amines) is 1. The van der Waals surface area contributed by atoms with E-state index in [1.54, 1.807) is 18.3 Å². The number of piperidine rings is 1. The molecule has 2 aromatic heterocycles. The number of amides is 2. The van der Waals surface area contributed by atoms with Gasteiger partial charge in [-0.05, 0) is 52.2 Å². The maximum Gasteiger partial charge on any atom is 0.271 e. The zero-order chi connectivity index (χ0) is 26.7. The van der Waals surface area contributed by atoms with E-state index < -0.39 is 0 Å². The Balaban J connectivity index is 1.36. The Morgan fingerprint density at radius 3 is 2.51 bits per heavy atom. The average molecular weight is 529 g/mol. The second-order valence-corrected chi connectivity index (χ2v) is 10.5. The van der Waals surface area contributed by atoms with Crippen molar-refractivity contribution in [3.63, 3.8) is 0 Å². The number of hydrogen-bond acceptors (Lipinski definition) is 8. The SMILES string of the molecule is CC[C@H]1CN(c2ncc(C(=O)NC(C)C)nc2C)CCN1C1CCN(C(=O)c2ccc(Cl)nc2N)CC1. The Kier molecular flexibility index (Phi) is 8.49. The molecule has 4 rings (SSSR count). The minimum atomic E-state index is -0.201. The molecule has 0 bridgehead atoms. The zero-order valence-electron chi connectivity index (χ0n) is 22.1. The standard InChI is InChI=1S/C26H37ClN8O2/c1-5-18-15-34(24-17(4)31-21(14-29-24)25(36)30-16(2)3)12-13-35(18)19-8-10-33(11-9-19)26(37)20-6-7-22(27)32-23(20)28/h6-7,14,16,18-19H,5,8-13,15H2,1-4H3,(H2,28,32)(H,30,36)/t18-/m0/s1. The second-order valence-electron chi connectivity index (χ2n) is 10.1. The molecule has 1 atom stereocenters. The third-order valence-corrected chi connectivity index (χ3v) is 7.42. The van der Waals surface area contributed by atoms with Crippen molar-refractivity contribution in [3.8, 4) is 0 Å². The molecule has 0 aliphatic carbocycles. The molecule has 0 spiro atoms. The van der Waals surface area contributed by atoms with Gasteiger partial charge < -0.3 is 20.9 Å². The van der Waals surface area contributed by atoms with E-state index in [1.807, 2.05) is 25.7 Å². The van der Waals surface area contributed by atoms with Gasteiger partial charge in [0, 0.05) is 50.8 Å². The molecular formula is C26H37ClN8O2. The molecule has 0 unspecified atom stereocenters. The third kappa shape index (κ3) is 6.13. The van der Waals surface area contributed by atoms with E-state index in [1.165, 1.54) is 0 Å². The van der Waals surface area contributed by atoms with Crippen LogP contribution in [0.4, 0.5) is 11.6 Å². The lowest BCUT2D eigenvalue weighted by atomic mass is 9.97. The lowest BCUT2D eigenvalue weighted by Crippen LogP contribution is -2.59. The van der Waals surface area contributed by atoms with Crippen LogP contribution in [0.15, 0.2) is 18.3 Å². The van der Waals surface area contributed by atoms with Gasteiger partial charge in [0.05, 0.1) is 17.5 Å². The summed E-state index contributed by atoms with van der Waals surface area (Å²) in [6, 6.07) is 4.10. The summed E-state index contributed by atoms with van der Waals surface area (Å²) >= 11 is 5.89. The summed E-state index contributed by atoms with van der Waals surface area (Å²) in [6.07, 6.45) is 4.43. The van der Waals surface area contributed by atoms with Crippen LogP contribution in [0.3, 0.4) is 0 Å². The van der Waals surface area contributed by atoms with Gasteiger partial charge in [-0.3, -0.25) is 14.5 Å². The first-order chi connectivity index (χ1) is 17.7. The first-order valence-corrected chi connectivity index (χ1v) is 13.4. The first kappa shape index (κ1) is 27.1. The Bertz CT molecular complexity index is 1140. The van der Waals surface area contributed by atoms with Crippen molar-refractivity contribution >= 4 is 35.1 Å². The van der Waals surface area contributed by atoms with E-state index in [2.05, 4.69) is 37.0 Å². The van der Waals surface area contributed by atoms with Gasteiger partial charge in [0.15, 0.2) is 0 Å². The highest BCUT2D eigenvalue weighted by atomic mass is 35.5. The fraction of sp³-hybridized carbons (Fsp3) is 0.577. The Hall–Kier alpha value is -2.98. The maximum atomic E-state index is 13.0. The smallest absolute Gasteiger partial charge is 0.271 e. The quantitative estimate of drug-likeness (QED) is 0.549. The number of anilines is 2. The van der Waals surface area contributed by atoms with E-state index in [0.717, 1.165) is 50.4 Å². The van der Waals surface area contributed by atoms with Crippen molar-refractivity contribution < 1.29 is 9.59 Å². The van der Waals surface area contributed by atoms with Gasteiger partial charge in [0.1, 0.15) is 22.5 Å². The number of nitrogens with zero attached hydrogens (tertiary/aromatic N) is 6. The predicted molar refractivity (Wildman–Crippen MR) is 145 cm³/mol. The van der Waals surface area contributed by atoms with Gasteiger partial charge >= 0.3 is 0 Å². The summed E-state index contributed by atoms with van der Waals surface area (Å²) in [5.41, 5.74) is 7.46. The number of carbonyl (C=O) groups excluding carboxylic acids is 2. The number of nitrogens with two attached hydrogens (primary N) is 1. The van der Waals surface area contributed by atoms with Crippen LogP contribution in [-0.2, 0) is 0 Å². The number of carbonyl (C=O) groups is 2. The highest BCUT2D eigenvalue weighted by molar-refractivity contribution is 6.29. The van der Waals surface area contributed by atoms with E-state index in [4.69, 9.17) is 17.3 Å². The molecule has 200 valence electrons. The Morgan fingerprint density at radius 2 is 1.89 bits per heavy atom. The average Bonchev–Trinajstić information content (AvgIpc) is 2.87. The minimum absolute atomic E-state index is 0.0465. The largest absolute Gasteiger partial charge is 0.383 e. The molecule has 2 saturated heterocycles. The fourth-order valence-electron chi connectivity index (χ4n) is 5.34. The van der Waals surface area contributed by atoms with Crippen molar-refractivity contribution in [2.45, 2.75) is 65.1 Å². The molecule has 2 amide bonds. The fourth-order valence-corrected chi connectivity index (χ4v) is 5.49. The molecular weight excluding hydrogens is 492 g/mol. The van der Waals surface area contributed by atoms with Gasteiger partial charge in [-0.25, -0.2) is 15.0 Å². The van der Waals surface area contributed by atoms with Gasteiger partial charge in [-0.15, -0.1) is 0 Å². The van der Waals surface area contributed by atoms with Gasteiger partial charge in [0.2, 0.25) is 0 Å². The number of pyridine rings is 1. The number of aryl methyl sites for hydroxylation is 1. The van der Waals surface area contributed by atoms with E-state index in [-0.39, 0.29) is 28.8 Å².